The summed E-state index contributed by atoms with van der Waals surface area (Å²) in [7, 11) is 0. The summed E-state index contributed by atoms with van der Waals surface area (Å²) in [6.45, 7) is 4.36. The van der Waals surface area contributed by atoms with Crippen molar-refractivity contribution in [2.45, 2.75) is 83.7 Å². The number of allylic oxidation sites excluding steroid dienone is 2. The van der Waals surface area contributed by atoms with Gasteiger partial charge in [0.1, 0.15) is 11.4 Å². The summed E-state index contributed by atoms with van der Waals surface area (Å²) < 4.78 is 0. The van der Waals surface area contributed by atoms with Gasteiger partial charge < -0.3 is 5.11 Å². The van der Waals surface area contributed by atoms with Crippen LogP contribution >= 0.6 is 0 Å². The highest BCUT2D eigenvalue weighted by molar-refractivity contribution is 5.82. The molecular weight excluding hydrogens is 296 g/mol. The van der Waals surface area contributed by atoms with E-state index in [1.807, 2.05) is 6.92 Å². The minimum absolute atomic E-state index is 0.439. The van der Waals surface area contributed by atoms with E-state index in [0.717, 1.165) is 44.4 Å². The molecule has 0 saturated heterocycles. The average Bonchev–Trinajstić information content (AvgIpc) is 2.59. The van der Waals surface area contributed by atoms with Crippen LogP contribution in [-0.2, 0) is 4.79 Å². The first kappa shape index (κ1) is 17.7. The van der Waals surface area contributed by atoms with Gasteiger partial charge in [0.2, 0.25) is 0 Å². The predicted octanol–water partition coefficient (Wildman–Crippen LogP) is 4.66. The van der Waals surface area contributed by atoms with Crippen LogP contribution in [0.3, 0.4) is 0 Å². The first-order valence-electron chi connectivity index (χ1n) is 9.90. The molecule has 3 aliphatic rings. The molecule has 24 heavy (non-hydrogen) atoms. The number of hydrogen-bond donors (Lipinski definition) is 1. The predicted molar refractivity (Wildman–Crippen MR) is 97.3 cm³/mol. The van der Waals surface area contributed by atoms with E-state index in [9.17, 15) is 9.90 Å². The number of ketones is 1. The number of Topliss-reactive ketones (excluding diaryl/α,β-unsaturated/α-hetero) is 1. The molecule has 0 aromatic rings. The molecular formula is C22H32O2. The quantitative estimate of drug-likeness (QED) is 0.602. The second-order valence-electron chi connectivity index (χ2n) is 8.47. The maximum atomic E-state index is 11.8. The molecule has 0 heterocycles. The largest absolute Gasteiger partial charge is 0.378 e. The summed E-state index contributed by atoms with van der Waals surface area (Å²) in [6, 6.07) is 0. The van der Waals surface area contributed by atoms with Gasteiger partial charge in [-0.2, -0.15) is 0 Å². The van der Waals surface area contributed by atoms with E-state index in [0.29, 0.717) is 30.0 Å². The Balaban J connectivity index is 1.76. The topological polar surface area (TPSA) is 37.3 Å². The summed E-state index contributed by atoms with van der Waals surface area (Å²) >= 11 is 0. The third kappa shape index (κ3) is 3.33. The number of terminal acetylenes is 1. The third-order valence-electron chi connectivity index (χ3n) is 7.09. The SMILES string of the molecule is C#CC(O)(CC)CCC1CCCC2C3=C(CC(=O)CC3)C[C@@H](C)C12. The van der Waals surface area contributed by atoms with Crippen molar-refractivity contribution in [3.8, 4) is 12.3 Å². The van der Waals surface area contributed by atoms with Gasteiger partial charge in [-0.15, -0.1) is 6.42 Å². The number of carbonyl (C=O) groups excluding carboxylic acids is 1. The average molecular weight is 328 g/mol. The summed E-state index contributed by atoms with van der Waals surface area (Å²) in [5, 5.41) is 10.5. The van der Waals surface area contributed by atoms with E-state index in [4.69, 9.17) is 6.42 Å². The Morgan fingerprint density at radius 3 is 2.83 bits per heavy atom. The zero-order chi connectivity index (χ0) is 17.3. The highest BCUT2D eigenvalue weighted by Gasteiger charge is 2.43. The fraction of sp³-hybridized carbons (Fsp3) is 0.773. The molecule has 3 aliphatic carbocycles. The lowest BCUT2D eigenvalue weighted by molar-refractivity contribution is -0.119. The molecule has 0 aromatic heterocycles. The lowest BCUT2D eigenvalue weighted by atomic mass is 9.57. The van der Waals surface area contributed by atoms with Crippen LogP contribution in [0.1, 0.15) is 78.1 Å². The lowest BCUT2D eigenvalue weighted by Gasteiger charge is -2.48. The number of aliphatic hydroxyl groups is 1. The molecule has 0 aliphatic heterocycles. The van der Waals surface area contributed by atoms with E-state index in [-0.39, 0.29) is 0 Å². The van der Waals surface area contributed by atoms with Crippen LogP contribution in [0.2, 0.25) is 0 Å². The van der Waals surface area contributed by atoms with Crippen molar-refractivity contribution in [2.24, 2.45) is 23.7 Å². The molecule has 0 amide bonds. The first-order valence-corrected chi connectivity index (χ1v) is 9.90. The summed E-state index contributed by atoms with van der Waals surface area (Å²) in [6.07, 6.45) is 15.4. The van der Waals surface area contributed by atoms with E-state index in [2.05, 4.69) is 12.8 Å². The molecule has 132 valence electrons. The number of hydrogen-bond acceptors (Lipinski definition) is 2. The minimum atomic E-state index is -0.924. The van der Waals surface area contributed by atoms with E-state index in [1.165, 1.54) is 24.8 Å². The second-order valence-corrected chi connectivity index (χ2v) is 8.47. The van der Waals surface area contributed by atoms with Gasteiger partial charge in [-0.1, -0.05) is 43.8 Å². The Bertz CT molecular complexity index is 567. The number of rotatable bonds is 4. The molecule has 0 radical (unpaired) electrons. The van der Waals surface area contributed by atoms with Crippen molar-refractivity contribution in [3.63, 3.8) is 0 Å². The van der Waals surface area contributed by atoms with Gasteiger partial charge in [-0.3, -0.25) is 4.79 Å². The molecule has 5 atom stereocenters. The van der Waals surface area contributed by atoms with Crippen LogP contribution < -0.4 is 0 Å². The van der Waals surface area contributed by atoms with Gasteiger partial charge in [-0.05, 0) is 62.2 Å². The zero-order valence-electron chi connectivity index (χ0n) is 15.3. The van der Waals surface area contributed by atoms with Crippen molar-refractivity contribution in [3.05, 3.63) is 11.1 Å². The van der Waals surface area contributed by atoms with E-state index in [1.54, 1.807) is 5.57 Å². The molecule has 1 saturated carbocycles. The van der Waals surface area contributed by atoms with Crippen LogP contribution in [0.5, 0.6) is 0 Å². The van der Waals surface area contributed by atoms with Gasteiger partial charge >= 0.3 is 0 Å². The van der Waals surface area contributed by atoms with Gasteiger partial charge in [0.15, 0.2) is 0 Å². The summed E-state index contributed by atoms with van der Waals surface area (Å²) in [5.74, 6) is 5.80. The third-order valence-corrected chi connectivity index (χ3v) is 7.09. The molecule has 3 rings (SSSR count). The molecule has 0 aromatic carbocycles. The monoisotopic (exact) mass is 328 g/mol. The van der Waals surface area contributed by atoms with Gasteiger partial charge in [0.05, 0.1) is 0 Å². The van der Waals surface area contributed by atoms with Gasteiger partial charge in [0, 0.05) is 12.8 Å². The molecule has 4 unspecified atom stereocenters. The van der Waals surface area contributed by atoms with Gasteiger partial charge in [-0.25, -0.2) is 0 Å². The Morgan fingerprint density at radius 1 is 1.33 bits per heavy atom. The van der Waals surface area contributed by atoms with Crippen molar-refractivity contribution in [2.75, 3.05) is 0 Å². The van der Waals surface area contributed by atoms with Gasteiger partial charge in [0.25, 0.3) is 0 Å². The molecule has 1 N–H and O–H groups in total. The zero-order valence-corrected chi connectivity index (χ0v) is 15.3. The molecule has 2 nitrogen and oxygen atoms in total. The van der Waals surface area contributed by atoms with E-state index < -0.39 is 5.60 Å². The van der Waals surface area contributed by atoms with Crippen molar-refractivity contribution in [1.82, 2.24) is 0 Å². The van der Waals surface area contributed by atoms with Crippen LogP contribution in [0.4, 0.5) is 0 Å². The van der Waals surface area contributed by atoms with Crippen LogP contribution in [0, 0.1) is 36.0 Å². The highest BCUT2D eigenvalue weighted by Crippen LogP contribution is 2.53. The maximum absolute atomic E-state index is 11.8. The lowest BCUT2D eigenvalue weighted by Crippen LogP contribution is -2.40. The van der Waals surface area contributed by atoms with Crippen LogP contribution in [-0.4, -0.2) is 16.5 Å². The molecule has 0 spiro atoms. The van der Waals surface area contributed by atoms with Crippen molar-refractivity contribution in [1.29, 1.82) is 0 Å². The standard InChI is InChI=1S/C22H32O2/c1-4-22(24,5-2)12-11-16-7-6-8-20-19-10-9-18(23)14-17(19)13-15(3)21(16)20/h1,15-16,20-21,24H,5-14H2,2-3H3/t15-,16?,20?,21?,22?/m1/s1. The molecule has 1 fully saturated rings. The Hall–Kier alpha value is -1.07. The maximum Gasteiger partial charge on any atom is 0.137 e. The molecule has 0 bridgehead atoms. The Labute approximate surface area is 147 Å². The van der Waals surface area contributed by atoms with Crippen molar-refractivity contribution < 1.29 is 9.90 Å². The summed E-state index contributed by atoms with van der Waals surface area (Å²) in [4.78, 5) is 11.8. The summed E-state index contributed by atoms with van der Waals surface area (Å²) in [5.41, 5.74) is 2.20. The smallest absolute Gasteiger partial charge is 0.137 e. The Kier molecular flexibility index (Phi) is 5.21. The fourth-order valence-electron chi connectivity index (χ4n) is 5.76. The Morgan fingerprint density at radius 2 is 2.12 bits per heavy atom. The fourth-order valence-corrected chi connectivity index (χ4v) is 5.76. The second kappa shape index (κ2) is 7.04. The normalized spacial score (nSPS) is 35.7. The van der Waals surface area contributed by atoms with Crippen LogP contribution in [0.25, 0.3) is 0 Å². The highest BCUT2D eigenvalue weighted by atomic mass is 16.3. The molecule has 2 heteroatoms. The van der Waals surface area contributed by atoms with Crippen molar-refractivity contribution >= 4 is 5.78 Å². The van der Waals surface area contributed by atoms with Crippen LogP contribution in [0.15, 0.2) is 11.1 Å². The number of fused-ring (bicyclic) bond motifs is 2. The van der Waals surface area contributed by atoms with E-state index >= 15 is 0 Å². The number of carbonyl (C=O) groups is 1. The first-order chi connectivity index (χ1) is 11.5. The minimum Gasteiger partial charge on any atom is -0.378 e.